The Morgan fingerprint density at radius 3 is 3.25 bits per heavy atom. The number of nitrogens with one attached hydrogen (secondary N) is 2. The van der Waals surface area contributed by atoms with Gasteiger partial charge in [-0.2, -0.15) is 0 Å². The van der Waals surface area contributed by atoms with E-state index in [1.807, 2.05) is 6.08 Å². The molecule has 1 aliphatic heterocycles. The second-order valence-electron chi connectivity index (χ2n) is 2.93. The van der Waals surface area contributed by atoms with E-state index < -0.39 is 0 Å². The van der Waals surface area contributed by atoms with Gasteiger partial charge in [0.2, 0.25) is 0 Å². The highest BCUT2D eigenvalue weighted by Gasteiger charge is 2.11. The van der Waals surface area contributed by atoms with E-state index in [4.69, 9.17) is 0 Å². The number of aromatic amines is 1. The SMILES string of the molecule is C=C1NC(C)C=Cc2nc[nH]c21. The van der Waals surface area contributed by atoms with E-state index in [1.165, 1.54) is 0 Å². The molecular formula is C9H11N3. The van der Waals surface area contributed by atoms with Crippen LogP contribution in [0.1, 0.15) is 18.3 Å². The van der Waals surface area contributed by atoms with Crippen LogP contribution in [0.25, 0.3) is 11.8 Å². The van der Waals surface area contributed by atoms with Crippen molar-refractivity contribution in [3.05, 3.63) is 30.4 Å². The van der Waals surface area contributed by atoms with Gasteiger partial charge in [0.1, 0.15) is 0 Å². The van der Waals surface area contributed by atoms with E-state index in [9.17, 15) is 0 Å². The van der Waals surface area contributed by atoms with Crippen LogP contribution in [0.4, 0.5) is 0 Å². The van der Waals surface area contributed by atoms with Crippen molar-refractivity contribution in [2.24, 2.45) is 0 Å². The fourth-order valence-electron chi connectivity index (χ4n) is 1.30. The average molecular weight is 161 g/mol. The first-order valence-corrected chi connectivity index (χ1v) is 3.95. The zero-order valence-corrected chi connectivity index (χ0v) is 6.96. The molecule has 0 aliphatic carbocycles. The van der Waals surface area contributed by atoms with Gasteiger partial charge in [-0.25, -0.2) is 4.98 Å². The summed E-state index contributed by atoms with van der Waals surface area (Å²) >= 11 is 0. The van der Waals surface area contributed by atoms with Gasteiger partial charge in [0, 0.05) is 6.04 Å². The summed E-state index contributed by atoms with van der Waals surface area (Å²) in [7, 11) is 0. The van der Waals surface area contributed by atoms with Gasteiger partial charge in [-0.05, 0) is 13.0 Å². The van der Waals surface area contributed by atoms with Gasteiger partial charge in [0.25, 0.3) is 0 Å². The predicted molar refractivity (Wildman–Crippen MR) is 49.3 cm³/mol. The molecule has 0 saturated carbocycles. The monoisotopic (exact) mass is 161 g/mol. The lowest BCUT2D eigenvalue weighted by molar-refractivity contribution is 0.791. The maximum Gasteiger partial charge on any atom is 0.0932 e. The first kappa shape index (κ1) is 7.16. The number of aromatic nitrogens is 2. The first-order chi connectivity index (χ1) is 5.77. The summed E-state index contributed by atoms with van der Waals surface area (Å²) in [6.07, 6.45) is 5.75. The van der Waals surface area contributed by atoms with Crippen molar-refractivity contribution >= 4 is 11.8 Å². The third-order valence-corrected chi connectivity index (χ3v) is 1.92. The minimum Gasteiger partial charge on any atom is -0.378 e. The van der Waals surface area contributed by atoms with Crippen molar-refractivity contribution in [1.82, 2.24) is 15.3 Å². The van der Waals surface area contributed by atoms with E-state index in [2.05, 4.69) is 34.9 Å². The maximum atomic E-state index is 4.16. The van der Waals surface area contributed by atoms with Crippen LogP contribution in [-0.4, -0.2) is 16.0 Å². The van der Waals surface area contributed by atoms with Crippen LogP contribution in [-0.2, 0) is 0 Å². The maximum absolute atomic E-state index is 4.16. The molecule has 1 aliphatic rings. The first-order valence-electron chi connectivity index (χ1n) is 3.95. The summed E-state index contributed by atoms with van der Waals surface area (Å²) in [6, 6.07) is 0.320. The lowest BCUT2D eigenvalue weighted by Crippen LogP contribution is -2.20. The summed E-state index contributed by atoms with van der Waals surface area (Å²) in [5.41, 5.74) is 2.84. The minimum absolute atomic E-state index is 0.320. The van der Waals surface area contributed by atoms with Crippen molar-refractivity contribution in [3.8, 4) is 0 Å². The predicted octanol–water partition coefficient (Wildman–Crippen LogP) is 1.39. The molecule has 0 spiro atoms. The summed E-state index contributed by atoms with van der Waals surface area (Å²) in [5, 5.41) is 3.23. The van der Waals surface area contributed by atoms with Crippen molar-refractivity contribution in [2.75, 3.05) is 0 Å². The van der Waals surface area contributed by atoms with Crippen molar-refractivity contribution in [2.45, 2.75) is 13.0 Å². The van der Waals surface area contributed by atoms with Gasteiger partial charge in [0.15, 0.2) is 0 Å². The topological polar surface area (TPSA) is 40.7 Å². The molecule has 12 heavy (non-hydrogen) atoms. The standard InChI is InChI=1S/C9H11N3/c1-6-3-4-8-9(7(2)12-6)11-5-10-8/h3-6,12H,2H2,1H3,(H,10,11). The Bertz CT molecular complexity index is 335. The third kappa shape index (κ3) is 1.03. The van der Waals surface area contributed by atoms with Gasteiger partial charge in [0.05, 0.1) is 23.4 Å². The molecular weight excluding hydrogens is 150 g/mol. The molecule has 62 valence electrons. The van der Waals surface area contributed by atoms with Gasteiger partial charge in [-0.3, -0.25) is 0 Å². The fourth-order valence-corrected chi connectivity index (χ4v) is 1.30. The second-order valence-corrected chi connectivity index (χ2v) is 2.93. The molecule has 1 atom stereocenters. The van der Waals surface area contributed by atoms with Crippen LogP contribution in [0.5, 0.6) is 0 Å². The number of H-pyrrole nitrogens is 1. The second kappa shape index (κ2) is 2.52. The van der Waals surface area contributed by atoms with E-state index >= 15 is 0 Å². The van der Waals surface area contributed by atoms with Crippen molar-refractivity contribution < 1.29 is 0 Å². The fraction of sp³-hybridized carbons (Fsp3) is 0.222. The lowest BCUT2D eigenvalue weighted by atomic mass is 10.3. The van der Waals surface area contributed by atoms with E-state index in [-0.39, 0.29) is 0 Å². The van der Waals surface area contributed by atoms with E-state index in [0.717, 1.165) is 17.1 Å². The smallest absolute Gasteiger partial charge is 0.0932 e. The molecule has 0 bridgehead atoms. The summed E-state index contributed by atoms with van der Waals surface area (Å²) in [6.45, 7) is 5.99. The number of nitrogens with zero attached hydrogens (tertiary/aromatic N) is 1. The average Bonchev–Trinajstić information content (AvgIpc) is 2.43. The molecule has 1 unspecified atom stereocenters. The molecule has 0 amide bonds. The molecule has 0 saturated heterocycles. The zero-order chi connectivity index (χ0) is 8.55. The molecule has 2 N–H and O–H groups in total. The quantitative estimate of drug-likeness (QED) is 0.603. The van der Waals surface area contributed by atoms with Crippen LogP contribution in [0.15, 0.2) is 19.0 Å². The Kier molecular flexibility index (Phi) is 1.50. The molecule has 2 rings (SSSR count). The molecule has 1 aromatic rings. The summed E-state index contributed by atoms with van der Waals surface area (Å²) < 4.78 is 0. The number of imidazole rings is 1. The number of fused-ring (bicyclic) bond motifs is 1. The highest BCUT2D eigenvalue weighted by molar-refractivity contribution is 5.69. The molecule has 0 aromatic carbocycles. The Labute approximate surface area is 71.2 Å². The molecule has 1 aromatic heterocycles. The Morgan fingerprint density at radius 2 is 2.42 bits per heavy atom. The Balaban J connectivity index is 2.47. The molecule has 0 radical (unpaired) electrons. The summed E-state index contributed by atoms with van der Waals surface area (Å²) in [5.74, 6) is 0. The van der Waals surface area contributed by atoms with Gasteiger partial charge in [-0.15, -0.1) is 0 Å². The summed E-state index contributed by atoms with van der Waals surface area (Å²) in [4.78, 5) is 7.20. The van der Waals surface area contributed by atoms with Crippen LogP contribution >= 0.6 is 0 Å². The van der Waals surface area contributed by atoms with Crippen molar-refractivity contribution in [1.29, 1.82) is 0 Å². The molecule has 0 fully saturated rings. The molecule has 3 heteroatoms. The van der Waals surface area contributed by atoms with Gasteiger partial charge < -0.3 is 10.3 Å². The Morgan fingerprint density at radius 1 is 1.58 bits per heavy atom. The van der Waals surface area contributed by atoms with Crippen LogP contribution in [0.2, 0.25) is 0 Å². The largest absolute Gasteiger partial charge is 0.378 e. The number of hydrogen-bond acceptors (Lipinski definition) is 2. The Hall–Kier alpha value is -1.51. The van der Waals surface area contributed by atoms with E-state index in [1.54, 1.807) is 6.33 Å². The minimum atomic E-state index is 0.320. The van der Waals surface area contributed by atoms with Gasteiger partial charge >= 0.3 is 0 Å². The number of hydrogen-bond donors (Lipinski definition) is 2. The highest BCUT2D eigenvalue weighted by atomic mass is 15.0. The lowest BCUT2D eigenvalue weighted by Gasteiger charge is -2.09. The van der Waals surface area contributed by atoms with Crippen LogP contribution < -0.4 is 5.32 Å². The third-order valence-electron chi connectivity index (χ3n) is 1.92. The molecule has 3 nitrogen and oxygen atoms in total. The highest BCUT2D eigenvalue weighted by Crippen LogP contribution is 2.16. The van der Waals surface area contributed by atoms with Crippen LogP contribution in [0.3, 0.4) is 0 Å². The van der Waals surface area contributed by atoms with Gasteiger partial charge in [-0.1, -0.05) is 12.7 Å². The normalized spacial score (nSPS) is 21.4. The molecule has 2 heterocycles. The van der Waals surface area contributed by atoms with Crippen LogP contribution in [0, 0.1) is 0 Å². The van der Waals surface area contributed by atoms with E-state index in [0.29, 0.717) is 6.04 Å². The zero-order valence-electron chi connectivity index (χ0n) is 6.96. The number of rotatable bonds is 0. The van der Waals surface area contributed by atoms with Crippen molar-refractivity contribution in [3.63, 3.8) is 0 Å².